The SMILES string of the molecule is COc1ccccc1CCC(=O)N1CCCC(CNC(=O)C2CCCN2)C1. The molecule has 2 N–H and O–H groups in total. The Morgan fingerprint density at radius 1 is 1.26 bits per heavy atom. The van der Waals surface area contributed by atoms with Gasteiger partial charge in [-0.15, -0.1) is 0 Å². The van der Waals surface area contributed by atoms with Crippen molar-refractivity contribution in [2.45, 2.75) is 44.6 Å². The zero-order valence-electron chi connectivity index (χ0n) is 16.2. The van der Waals surface area contributed by atoms with Crippen LogP contribution in [0.4, 0.5) is 0 Å². The van der Waals surface area contributed by atoms with Crippen LogP contribution in [0.5, 0.6) is 5.75 Å². The molecule has 148 valence electrons. The number of hydrogen-bond acceptors (Lipinski definition) is 4. The first-order chi connectivity index (χ1) is 13.2. The predicted octanol–water partition coefficient (Wildman–Crippen LogP) is 1.73. The first-order valence-electron chi connectivity index (χ1n) is 10.1. The summed E-state index contributed by atoms with van der Waals surface area (Å²) in [7, 11) is 1.66. The number of carbonyl (C=O) groups is 2. The summed E-state index contributed by atoms with van der Waals surface area (Å²) in [6.07, 6.45) is 5.23. The largest absolute Gasteiger partial charge is 0.496 e. The van der Waals surface area contributed by atoms with Gasteiger partial charge in [0.2, 0.25) is 11.8 Å². The van der Waals surface area contributed by atoms with Crippen molar-refractivity contribution < 1.29 is 14.3 Å². The topological polar surface area (TPSA) is 70.7 Å². The van der Waals surface area contributed by atoms with Crippen LogP contribution in [0.25, 0.3) is 0 Å². The Kier molecular flexibility index (Phi) is 7.10. The zero-order chi connectivity index (χ0) is 19.1. The summed E-state index contributed by atoms with van der Waals surface area (Å²) in [5, 5.41) is 6.30. The number of benzene rings is 1. The van der Waals surface area contributed by atoms with E-state index in [0.29, 0.717) is 25.3 Å². The fourth-order valence-electron chi connectivity index (χ4n) is 4.04. The Morgan fingerprint density at radius 2 is 2.11 bits per heavy atom. The van der Waals surface area contributed by atoms with E-state index in [1.807, 2.05) is 29.2 Å². The number of nitrogens with zero attached hydrogens (tertiary/aromatic N) is 1. The number of ether oxygens (including phenoxy) is 1. The van der Waals surface area contributed by atoms with Gasteiger partial charge < -0.3 is 20.3 Å². The van der Waals surface area contributed by atoms with Crippen molar-refractivity contribution in [2.24, 2.45) is 5.92 Å². The Balaban J connectivity index is 1.44. The number of hydrogen-bond donors (Lipinski definition) is 2. The molecule has 0 radical (unpaired) electrons. The number of carbonyl (C=O) groups excluding carboxylic acids is 2. The molecule has 0 bridgehead atoms. The van der Waals surface area contributed by atoms with Crippen molar-refractivity contribution in [3.8, 4) is 5.75 Å². The van der Waals surface area contributed by atoms with Crippen LogP contribution >= 0.6 is 0 Å². The smallest absolute Gasteiger partial charge is 0.237 e. The van der Waals surface area contributed by atoms with E-state index in [9.17, 15) is 9.59 Å². The molecule has 3 rings (SSSR count). The van der Waals surface area contributed by atoms with E-state index in [4.69, 9.17) is 4.74 Å². The van der Waals surface area contributed by atoms with Gasteiger partial charge in [-0.25, -0.2) is 0 Å². The van der Waals surface area contributed by atoms with Crippen molar-refractivity contribution in [1.29, 1.82) is 0 Å². The van der Waals surface area contributed by atoms with Crippen molar-refractivity contribution in [3.63, 3.8) is 0 Å². The second kappa shape index (κ2) is 9.74. The Labute approximate surface area is 161 Å². The van der Waals surface area contributed by atoms with Gasteiger partial charge in [0, 0.05) is 26.1 Å². The second-order valence-electron chi connectivity index (χ2n) is 7.55. The van der Waals surface area contributed by atoms with Gasteiger partial charge in [-0.05, 0) is 56.2 Å². The lowest BCUT2D eigenvalue weighted by Crippen LogP contribution is -2.46. The van der Waals surface area contributed by atoms with Crippen LogP contribution in [0.1, 0.15) is 37.7 Å². The Morgan fingerprint density at radius 3 is 2.89 bits per heavy atom. The number of nitrogens with one attached hydrogen (secondary N) is 2. The molecule has 0 aliphatic carbocycles. The lowest BCUT2D eigenvalue weighted by Gasteiger charge is -2.33. The normalized spacial score (nSPS) is 22.5. The van der Waals surface area contributed by atoms with Gasteiger partial charge in [0.25, 0.3) is 0 Å². The highest BCUT2D eigenvalue weighted by atomic mass is 16.5. The van der Waals surface area contributed by atoms with Crippen LogP contribution in [-0.4, -0.2) is 56.0 Å². The van der Waals surface area contributed by atoms with Crippen molar-refractivity contribution in [1.82, 2.24) is 15.5 Å². The maximum Gasteiger partial charge on any atom is 0.237 e. The summed E-state index contributed by atoms with van der Waals surface area (Å²) >= 11 is 0. The molecule has 6 heteroatoms. The fraction of sp³-hybridized carbons (Fsp3) is 0.619. The van der Waals surface area contributed by atoms with E-state index < -0.39 is 0 Å². The minimum atomic E-state index is -0.0350. The predicted molar refractivity (Wildman–Crippen MR) is 105 cm³/mol. The van der Waals surface area contributed by atoms with E-state index in [1.54, 1.807) is 7.11 Å². The number of rotatable bonds is 7. The van der Waals surface area contributed by atoms with E-state index >= 15 is 0 Å². The van der Waals surface area contributed by atoms with Crippen LogP contribution in [0.2, 0.25) is 0 Å². The number of likely N-dealkylation sites (tertiary alicyclic amines) is 1. The molecule has 2 amide bonds. The van der Waals surface area contributed by atoms with Crippen LogP contribution in [0, 0.1) is 5.92 Å². The molecule has 1 aromatic rings. The molecular weight excluding hydrogens is 342 g/mol. The van der Waals surface area contributed by atoms with Crippen LogP contribution in [-0.2, 0) is 16.0 Å². The van der Waals surface area contributed by atoms with Crippen LogP contribution < -0.4 is 15.4 Å². The third-order valence-corrected chi connectivity index (χ3v) is 5.61. The number of piperidine rings is 1. The van der Waals surface area contributed by atoms with Gasteiger partial charge in [-0.2, -0.15) is 0 Å². The third kappa shape index (κ3) is 5.45. The highest BCUT2D eigenvalue weighted by Gasteiger charge is 2.26. The molecule has 2 aliphatic rings. The summed E-state index contributed by atoms with van der Waals surface area (Å²) < 4.78 is 5.37. The van der Waals surface area contributed by atoms with E-state index in [2.05, 4.69) is 10.6 Å². The molecule has 0 spiro atoms. The van der Waals surface area contributed by atoms with Gasteiger partial charge in [0.15, 0.2) is 0 Å². The standard InChI is InChI=1S/C21H31N3O3/c1-27-19-9-3-2-7-17(19)10-11-20(25)24-13-5-6-16(15-24)14-23-21(26)18-8-4-12-22-18/h2-3,7,9,16,18,22H,4-6,8,10-15H2,1H3,(H,23,26). The summed E-state index contributed by atoms with van der Waals surface area (Å²) in [6, 6.07) is 7.82. The number of para-hydroxylation sites is 1. The van der Waals surface area contributed by atoms with Gasteiger partial charge in [-0.3, -0.25) is 9.59 Å². The van der Waals surface area contributed by atoms with Gasteiger partial charge in [-0.1, -0.05) is 18.2 Å². The molecule has 1 aromatic carbocycles. The first kappa shape index (κ1) is 19.7. The monoisotopic (exact) mass is 373 g/mol. The highest BCUT2D eigenvalue weighted by molar-refractivity contribution is 5.82. The molecule has 0 saturated carbocycles. The summed E-state index contributed by atoms with van der Waals surface area (Å²) in [4.78, 5) is 26.8. The molecule has 2 atom stereocenters. The van der Waals surface area contributed by atoms with E-state index in [0.717, 1.165) is 56.6 Å². The number of aryl methyl sites for hydroxylation is 1. The Bertz CT molecular complexity index is 643. The van der Waals surface area contributed by atoms with Gasteiger partial charge in [0.05, 0.1) is 13.2 Å². The summed E-state index contributed by atoms with van der Waals surface area (Å²) in [6.45, 7) is 3.14. The second-order valence-corrected chi connectivity index (χ2v) is 7.55. The maximum absolute atomic E-state index is 12.7. The fourth-order valence-corrected chi connectivity index (χ4v) is 4.04. The minimum Gasteiger partial charge on any atom is -0.496 e. The minimum absolute atomic E-state index is 0.0350. The van der Waals surface area contributed by atoms with Gasteiger partial charge >= 0.3 is 0 Å². The summed E-state index contributed by atoms with van der Waals surface area (Å²) in [5.74, 6) is 1.48. The molecule has 6 nitrogen and oxygen atoms in total. The van der Waals surface area contributed by atoms with Crippen molar-refractivity contribution in [3.05, 3.63) is 29.8 Å². The molecule has 2 aliphatic heterocycles. The first-order valence-corrected chi connectivity index (χ1v) is 10.1. The van der Waals surface area contributed by atoms with E-state index in [1.165, 1.54) is 0 Å². The average molecular weight is 373 g/mol. The highest BCUT2D eigenvalue weighted by Crippen LogP contribution is 2.21. The lowest BCUT2D eigenvalue weighted by atomic mass is 9.97. The molecule has 2 fully saturated rings. The molecular formula is C21H31N3O3. The number of methoxy groups -OCH3 is 1. The third-order valence-electron chi connectivity index (χ3n) is 5.61. The Hall–Kier alpha value is -2.08. The maximum atomic E-state index is 12.7. The molecule has 27 heavy (non-hydrogen) atoms. The zero-order valence-corrected chi connectivity index (χ0v) is 16.2. The number of amides is 2. The molecule has 2 heterocycles. The lowest BCUT2D eigenvalue weighted by molar-refractivity contribution is -0.132. The van der Waals surface area contributed by atoms with E-state index in [-0.39, 0.29) is 17.9 Å². The van der Waals surface area contributed by atoms with Crippen LogP contribution in [0.15, 0.2) is 24.3 Å². The van der Waals surface area contributed by atoms with Crippen LogP contribution in [0.3, 0.4) is 0 Å². The molecule has 2 saturated heterocycles. The average Bonchev–Trinajstić information content (AvgIpc) is 3.25. The quantitative estimate of drug-likeness (QED) is 0.764. The van der Waals surface area contributed by atoms with Crippen molar-refractivity contribution in [2.75, 3.05) is 33.3 Å². The summed E-state index contributed by atoms with van der Waals surface area (Å²) in [5.41, 5.74) is 1.07. The van der Waals surface area contributed by atoms with Gasteiger partial charge in [0.1, 0.15) is 5.75 Å². The van der Waals surface area contributed by atoms with Crippen molar-refractivity contribution >= 4 is 11.8 Å². The molecule has 2 unspecified atom stereocenters. The molecule has 0 aromatic heterocycles.